The molecule has 1 aromatic rings. The molecule has 0 unspecified atom stereocenters. The van der Waals surface area contributed by atoms with E-state index >= 15 is 0 Å². The van der Waals surface area contributed by atoms with E-state index in [1.54, 1.807) is 0 Å². The number of carbonyl (C=O) groups excluding carboxylic acids is 2. The molecule has 7 nitrogen and oxygen atoms in total. The molecule has 1 heterocycles. The Kier molecular flexibility index (Phi) is 3.27. The van der Waals surface area contributed by atoms with Gasteiger partial charge >= 0.3 is 0 Å². The summed E-state index contributed by atoms with van der Waals surface area (Å²) in [4.78, 5) is 22.8. The number of anilines is 1. The van der Waals surface area contributed by atoms with Gasteiger partial charge in [-0.2, -0.15) is 5.10 Å². The van der Waals surface area contributed by atoms with Crippen molar-refractivity contribution in [2.24, 2.45) is 5.92 Å². The smallest absolute Gasteiger partial charge is 0.269 e. The van der Waals surface area contributed by atoms with Gasteiger partial charge in [0.15, 0.2) is 0 Å². The van der Waals surface area contributed by atoms with Gasteiger partial charge in [-0.1, -0.05) is 0 Å². The molecule has 0 aliphatic heterocycles. The Morgan fingerprint density at radius 1 is 1.41 bits per heavy atom. The average Bonchev–Trinajstić information content (AvgIpc) is 3.07. The zero-order valence-electron chi connectivity index (χ0n) is 9.32. The molecule has 1 aliphatic carbocycles. The van der Waals surface area contributed by atoms with E-state index in [1.165, 1.54) is 6.07 Å². The number of rotatable bonds is 5. The fourth-order valence-corrected chi connectivity index (χ4v) is 1.40. The molecule has 0 spiro atoms. The van der Waals surface area contributed by atoms with Crippen molar-refractivity contribution in [3.8, 4) is 0 Å². The molecule has 92 valence electrons. The first-order chi connectivity index (χ1) is 8.16. The predicted molar refractivity (Wildman–Crippen MR) is 61.1 cm³/mol. The molecule has 0 atom stereocenters. The second-order valence-electron chi connectivity index (χ2n) is 4.03. The van der Waals surface area contributed by atoms with E-state index < -0.39 is 0 Å². The maximum absolute atomic E-state index is 11.5. The van der Waals surface area contributed by atoms with Crippen LogP contribution in [0, 0.1) is 5.92 Å². The highest BCUT2D eigenvalue weighted by atomic mass is 16.2. The first-order valence-corrected chi connectivity index (χ1v) is 5.53. The number of amides is 2. The molecule has 2 amide bonds. The lowest BCUT2D eigenvalue weighted by molar-refractivity contribution is -0.122. The first-order valence-electron chi connectivity index (χ1n) is 5.53. The summed E-state index contributed by atoms with van der Waals surface area (Å²) in [5, 5.41) is 11.6. The largest absolute Gasteiger partial charge is 0.382 e. The van der Waals surface area contributed by atoms with Gasteiger partial charge in [-0.05, 0) is 12.8 Å². The van der Waals surface area contributed by atoms with Crippen molar-refractivity contribution in [3.05, 3.63) is 11.8 Å². The van der Waals surface area contributed by atoms with E-state index in [4.69, 9.17) is 5.73 Å². The molecule has 2 rings (SSSR count). The highest BCUT2D eigenvalue weighted by Crippen LogP contribution is 2.28. The van der Waals surface area contributed by atoms with Crippen LogP contribution in [0.5, 0.6) is 0 Å². The van der Waals surface area contributed by atoms with Gasteiger partial charge < -0.3 is 16.4 Å². The van der Waals surface area contributed by atoms with Crippen molar-refractivity contribution in [2.75, 3.05) is 18.8 Å². The van der Waals surface area contributed by atoms with Crippen molar-refractivity contribution in [3.63, 3.8) is 0 Å². The van der Waals surface area contributed by atoms with Crippen molar-refractivity contribution in [1.29, 1.82) is 0 Å². The molecule has 0 saturated heterocycles. The Labute approximate surface area is 98.1 Å². The summed E-state index contributed by atoms with van der Waals surface area (Å²) >= 11 is 0. The summed E-state index contributed by atoms with van der Waals surface area (Å²) in [5.41, 5.74) is 5.69. The number of nitrogens with zero attached hydrogens (tertiary/aromatic N) is 1. The predicted octanol–water partition coefficient (Wildman–Crippen LogP) is -0.752. The third-order valence-electron chi connectivity index (χ3n) is 2.50. The van der Waals surface area contributed by atoms with Crippen LogP contribution in [0.2, 0.25) is 0 Å². The van der Waals surface area contributed by atoms with Crippen LogP contribution >= 0.6 is 0 Å². The van der Waals surface area contributed by atoms with Gasteiger partial charge in [0.05, 0.1) is 0 Å². The lowest BCUT2D eigenvalue weighted by atomic mass is 10.4. The lowest BCUT2D eigenvalue weighted by Crippen LogP contribution is -2.35. The minimum atomic E-state index is -0.283. The Hall–Kier alpha value is -2.05. The number of hydrogen-bond acceptors (Lipinski definition) is 4. The number of nitrogens with one attached hydrogen (secondary N) is 3. The normalized spacial score (nSPS) is 14.4. The highest BCUT2D eigenvalue weighted by molar-refractivity contribution is 5.92. The summed E-state index contributed by atoms with van der Waals surface area (Å²) in [5.74, 6) is 0.259. The fourth-order valence-electron chi connectivity index (χ4n) is 1.40. The molecule has 17 heavy (non-hydrogen) atoms. The summed E-state index contributed by atoms with van der Waals surface area (Å²) in [7, 11) is 0. The monoisotopic (exact) mass is 237 g/mol. The number of nitrogens with two attached hydrogens (primary N) is 1. The lowest BCUT2D eigenvalue weighted by Gasteiger charge is -2.05. The second-order valence-corrected chi connectivity index (χ2v) is 4.03. The van der Waals surface area contributed by atoms with E-state index in [2.05, 4.69) is 20.8 Å². The number of carbonyl (C=O) groups is 2. The Morgan fingerprint density at radius 2 is 2.12 bits per heavy atom. The molecule has 1 fully saturated rings. The molecule has 1 saturated carbocycles. The van der Waals surface area contributed by atoms with Gasteiger partial charge in [0.25, 0.3) is 5.91 Å². The van der Waals surface area contributed by atoms with Crippen LogP contribution in [0.4, 0.5) is 5.82 Å². The highest BCUT2D eigenvalue weighted by Gasteiger charge is 2.28. The Bertz CT molecular complexity index is 424. The minimum Gasteiger partial charge on any atom is -0.382 e. The van der Waals surface area contributed by atoms with E-state index in [-0.39, 0.29) is 23.6 Å². The summed E-state index contributed by atoms with van der Waals surface area (Å²) in [6.07, 6.45) is 1.96. The number of H-pyrrole nitrogens is 1. The molecule has 0 radical (unpaired) electrons. The van der Waals surface area contributed by atoms with Crippen LogP contribution in [0.25, 0.3) is 0 Å². The standard InChI is InChI=1S/C10H15N5O2/c11-8-5-7(14-15-8)10(17)13-4-3-12-9(16)6-1-2-6/h5-6H,1-4H2,(H,12,16)(H,13,17)(H3,11,14,15). The van der Waals surface area contributed by atoms with Crippen LogP contribution < -0.4 is 16.4 Å². The van der Waals surface area contributed by atoms with E-state index in [0.29, 0.717) is 18.8 Å². The van der Waals surface area contributed by atoms with Crippen molar-refractivity contribution in [2.45, 2.75) is 12.8 Å². The van der Waals surface area contributed by atoms with Crippen molar-refractivity contribution in [1.82, 2.24) is 20.8 Å². The number of aromatic nitrogens is 2. The SMILES string of the molecule is Nc1cc(C(=O)NCCNC(=O)C2CC2)[nH]n1. The topological polar surface area (TPSA) is 113 Å². The van der Waals surface area contributed by atoms with Gasteiger partial charge in [0.1, 0.15) is 11.5 Å². The molecule has 5 N–H and O–H groups in total. The molecule has 0 aromatic carbocycles. The van der Waals surface area contributed by atoms with Crippen molar-refractivity contribution < 1.29 is 9.59 Å². The second kappa shape index (κ2) is 4.86. The summed E-state index contributed by atoms with van der Waals surface area (Å²) in [6.45, 7) is 0.820. The number of aromatic amines is 1. The van der Waals surface area contributed by atoms with E-state index in [0.717, 1.165) is 12.8 Å². The summed E-state index contributed by atoms with van der Waals surface area (Å²) < 4.78 is 0. The third-order valence-corrected chi connectivity index (χ3v) is 2.50. The molecule has 1 aliphatic rings. The van der Waals surface area contributed by atoms with Crippen molar-refractivity contribution >= 4 is 17.6 Å². The van der Waals surface area contributed by atoms with Gasteiger partial charge in [-0.15, -0.1) is 0 Å². The number of hydrogen-bond donors (Lipinski definition) is 4. The van der Waals surface area contributed by atoms with Gasteiger partial charge in [-0.3, -0.25) is 14.7 Å². The van der Waals surface area contributed by atoms with Crippen LogP contribution in [0.15, 0.2) is 6.07 Å². The molecular formula is C10H15N5O2. The maximum atomic E-state index is 11.5. The number of nitrogen functional groups attached to an aromatic ring is 1. The average molecular weight is 237 g/mol. The van der Waals surface area contributed by atoms with Crippen LogP contribution in [-0.4, -0.2) is 35.1 Å². The Balaban J connectivity index is 1.64. The van der Waals surface area contributed by atoms with Gasteiger partial charge in [-0.25, -0.2) is 0 Å². The Morgan fingerprint density at radius 3 is 2.71 bits per heavy atom. The third kappa shape index (κ3) is 3.20. The van der Waals surface area contributed by atoms with E-state index in [1.807, 2.05) is 0 Å². The zero-order chi connectivity index (χ0) is 12.3. The zero-order valence-corrected chi connectivity index (χ0v) is 9.32. The molecule has 1 aromatic heterocycles. The van der Waals surface area contributed by atoms with Crippen LogP contribution in [-0.2, 0) is 4.79 Å². The van der Waals surface area contributed by atoms with Gasteiger partial charge in [0.2, 0.25) is 5.91 Å². The molecule has 0 bridgehead atoms. The quantitative estimate of drug-likeness (QED) is 0.504. The van der Waals surface area contributed by atoms with E-state index in [9.17, 15) is 9.59 Å². The first kappa shape index (κ1) is 11.4. The maximum Gasteiger partial charge on any atom is 0.269 e. The van der Waals surface area contributed by atoms with Gasteiger partial charge in [0, 0.05) is 25.1 Å². The summed E-state index contributed by atoms with van der Waals surface area (Å²) in [6, 6.07) is 1.46. The molecular weight excluding hydrogens is 222 g/mol. The molecule has 7 heteroatoms. The fraction of sp³-hybridized carbons (Fsp3) is 0.500. The minimum absolute atomic E-state index is 0.0741. The van der Waals surface area contributed by atoms with Crippen LogP contribution in [0.3, 0.4) is 0 Å². The van der Waals surface area contributed by atoms with Crippen LogP contribution in [0.1, 0.15) is 23.3 Å².